The van der Waals surface area contributed by atoms with Gasteiger partial charge < -0.3 is 20.7 Å². The second-order valence-electron chi connectivity index (χ2n) is 4.38. The summed E-state index contributed by atoms with van der Waals surface area (Å²) in [4.78, 5) is 11.7. The molecular weight excluding hydrogens is 293 g/mol. The average Bonchev–Trinajstić information content (AvgIpc) is 2.93. The van der Waals surface area contributed by atoms with Gasteiger partial charge in [0, 0.05) is 0 Å². The minimum atomic E-state index is -1.74. The van der Waals surface area contributed by atoms with Gasteiger partial charge in [0.05, 0.1) is 12.9 Å². The lowest BCUT2D eigenvalue weighted by atomic mass is 10.1. The van der Waals surface area contributed by atoms with Crippen molar-refractivity contribution in [2.24, 2.45) is 0 Å². The molecule has 4 N–H and O–H groups in total. The van der Waals surface area contributed by atoms with Crippen LogP contribution in [-0.4, -0.2) is 54.7 Å². The topological polar surface area (TPSA) is 119 Å². The molecule has 0 spiro atoms. The van der Waals surface area contributed by atoms with Crippen molar-refractivity contribution < 1.29 is 19.3 Å². The predicted molar refractivity (Wildman–Crippen MR) is 66.6 cm³/mol. The highest BCUT2D eigenvalue weighted by Crippen LogP contribution is 2.34. The van der Waals surface area contributed by atoms with Crippen LogP contribution < -0.4 is 5.73 Å². The van der Waals surface area contributed by atoms with Gasteiger partial charge in [0.2, 0.25) is 5.28 Å². The highest BCUT2D eigenvalue weighted by Gasteiger charge is 2.45. The number of fused-ring (bicyclic) bond motifs is 1. The first-order valence-corrected chi connectivity index (χ1v) is 6.14. The molecule has 0 radical (unpaired) electrons. The third-order valence-corrected chi connectivity index (χ3v) is 3.34. The number of nitrogens with two attached hydrogens (primary N) is 1. The Labute approximate surface area is 117 Å². The van der Waals surface area contributed by atoms with Crippen LogP contribution in [0.1, 0.15) is 6.23 Å². The highest BCUT2D eigenvalue weighted by molar-refractivity contribution is 6.28. The van der Waals surface area contributed by atoms with Crippen LogP contribution in [-0.2, 0) is 4.74 Å². The Balaban J connectivity index is 2.07. The zero-order valence-corrected chi connectivity index (χ0v) is 10.8. The van der Waals surface area contributed by atoms with Crippen LogP contribution in [0.4, 0.5) is 10.2 Å². The summed E-state index contributed by atoms with van der Waals surface area (Å²) in [6, 6.07) is 0. The van der Waals surface area contributed by atoms with Crippen LogP contribution in [0.3, 0.4) is 0 Å². The summed E-state index contributed by atoms with van der Waals surface area (Å²) < 4.78 is 20.6. The monoisotopic (exact) mass is 303 g/mol. The van der Waals surface area contributed by atoms with Crippen molar-refractivity contribution in [3.8, 4) is 0 Å². The van der Waals surface area contributed by atoms with Crippen LogP contribution >= 0.6 is 11.6 Å². The lowest BCUT2D eigenvalue weighted by molar-refractivity contribution is -0.0459. The van der Waals surface area contributed by atoms with E-state index in [1.165, 1.54) is 10.9 Å². The van der Waals surface area contributed by atoms with E-state index < -0.39 is 31.2 Å². The molecule has 3 heterocycles. The molecule has 0 aliphatic carbocycles. The summed E-state index contributed by atoms with van der Waals surface area (Å²) in [7, 11) is 0. The molecule has 20 heavy (non-hydrogen) atoms. The van der Waals surface area contributed by atoms with Crippen molar-refractivity contribution >= 4 is 28.6 Å². The molecule has 10 heteroatoms. The molecule has 0 aromatic carbocycles. The molecule has 1 aliphatic heterocycles. The van der Waals surface area contributed by atoms with E-state index in [-0.39, 0.29) is 22.3 Å². The molecule has 2 aromatic heterocycles. The lowest BCUT2D eigenvalue weighted by Crippen LogP contribution is -2.30. The van der Waals surface area contributed by atoms with Crippen LogP contribution in [0, 0.1) is 0 Å². The number of anilines is 1. The predicted octanol–water partition coefficient (Wildman–Crippen LogP) is -0.349. The van der Waals surface area contributed by atoms with Gasteiger partial charge in [0.25, 0.3) is 0 Å². The van der Waals surface area contributed by atoms with Gasteiger partial charge in [-0.1, -0.05) is 0 Å². The number of rotatable bonds is 2. The van der Waals surface area contributed by atoms with E-state index in [1.807, 2.05) is 0 Å². The number of nitrogens with zero attached hydrogens (tertiary/aromatic N) is 4. The first-order valence-electron chi connectivity index (χ1n) is 5.77. The number of aliphatic hydroxyl groups excluding tert-OH is 2. The molecule has 4 atom stereocenters. The zero-order valence-electron chi connectivity index (χ0n) is 10.0. The summed E-state index contributed by atoms with van der Waals surface area (Å²) >= 11 is 5.71. The molecule has 1 fully saturated rings. The minimum absolute atomic E-state index is 0.0615. The number of imidazole rings is 1. The van der Waals surface area contributed by atoms with Gasteiger partial charge in [0.1, 0.15) is 17.7 Å². The van der Waals surface area contributed by atoms with E-state index in [0.29, 0.717) is 0 Å². The van der Waals surface area contributed by atoms with Gasteiger partial charge in [-0.2, -0.15) is 9.97 Å². The van der Waals surface area contributed by atoms with Crippen molar-refractivity contribution in [3.05, 3.63) is 11.6 Å². The lowest BCUT2D eigenvalue weighted by Gasteiger charge is -2.15. The number of halogens is 2. The number of aromatic nitrogens is 4. The van der Waals surface area contributed by atoms with Gasteiger partial charge in [-0.15, -0.1) is 0 Å². The van der Waals surface area contributed by atoms with Gasteiger partial charge in [-0.3, -0.25) is 4.57 Å². The fourth-order valence-electron chi connectivity index (χ4n) is 2.18. The summed E-state index contributed by atoms with van der Waals surface area (Å²) in [6.07, 6.45) is -4.08. The standard InChI is InChI=1S/C10H11ClFN5O3/c11-10-15-7(13)5-8(16-10)17(2-14-5)9-4(12)6(19)3(1-18)20-9/h2-4,6,9,18-19H,1H2,(H2,13,15,16)/t3-,4+,6?,9?/m0/s1. The molecule has 0 bridgehead atoms. The SMILES string of the molecule is Nc1nc(Cl)nc2c1ncn2C1O[C@@H](CO)C(O)[C@H]1F. The van der Waals surface area contributed by atoms with E-state index in [9.17, 15) is 9.50 Å². The minimum Gasteiger partial charge on any atom is -0.394 e. The van der Waals surface area contributed by atoms with Crippen LogP contribution in [0.15, 0.2) is 6.33 Å². The summed E-state index contributed by atoms with van der Waals surface area (Å²) in [5.74, 6) is 0.0615. The Hall–Kier alpha value is -1.55. The number of ether oxygens (including phenoxy) is 1. The van der Waals surface area contributed by atoms with Gasteiger partial charge >= 0.3 is 0 Å². The van der Waals surface area contributed by atoms with E-state index in [1.54, 1.807) is 0 Å². The highest BCUT2D eigenvalue weighted by atomic mass is 35.5. The zero-order chi connectivity index (χ0) is 14.4. The molecule has 2 aromatic rings. The van der Waals surface area contributed by atoms with Crippen molar-refractivity contribution in [1.29, 1.82) is 0 Å². The number of hydrogen-bond acceptors (Lipinski definition) is 7. The summed E-state index contributed by atoms with van der Waals surface area (Å²) in [6.45, 7) is -0.497. The molecule has 0 amide bonds. The second kappa shape index (κ2) is 4.77. The maximum atomic E-state index is 14.1. The Morgan fingerprint density at radius 3 is 2.90 bits per heavy atom. The van der Waals surface area contributed by atoms with Crippen LogP contribution in [0.2, 0.25) is 5.28 Å². The number of hydrogen-bond donors (Lipinski definition) is 3. The molecule has 8 nitrogen and oxygen atoms in total. The van der Waals surface area contributed by atoms with Crippen molar-refractivity contribution in [2.45, 2.75) is 24.6 Å². The molecule has 1 aliphatic rings. The fraction of sp³-hybridized carbons (Fsp3) is 0.500. The normalized spacial score (nSPS) is 30.2. The second-order valence-corrected chi connectivity index (χ2v) is 4.72. The van der Waals surface area contributed by atoms with Gasteiger partial charge in [-0.25, -0.2) is 9.37 Å². The first kappa shape index (κ1) is 13.4. The largest absolute Gasteiger partial charge is 0.394 e. The van der Waals surface area contributed by atoms with E-state index >= 15 is 0 Å². The number of nitrogen functional groups attached to an aromatic ring is 1. The Morgan fingerprint density at radius 1 is 1.50 bits per heavy atom. The number of aliphatic hydroxyl groups is 2. The molecule has 1 saturated heterocycles. The van der Waals surface area contributed by atoms with Gasteiger partial charge in [0.15, 0.2) is 23.9 Å². The average molecular weight is 304 g/mol. The Morgan fingerprint density at radius 2 is 2.25 bits per heavy atom. The smallest absolute Gasteiger partial charge is 0.226 e. The van der Waals surface area contributed by atoms with Crippen molar-refractivity contribution in [2.75, 3.05) is 12.3 Å². The fourth-order valence-corrected chi connectivity index (χ4v) is 2.35. The first-order chi connectivity index (χ1) is 9.52. The quantitative estimate of drug-likeness (QED) is 0.649. The van der Waals surface area contributed by atoms with E-state index in [4.69, 9.17) is 27.2 Å². The molecule has 108 valence electrons. The molecular formula is C10H11ClFN5O3. The Kier molecular flexibility index (Phi) is 3.21. The third-order valence-electron chi connectivity index (χ3n) is 3.17. The maximum absolute atomic E-state index is 14.1. The summed E-state index contributed by atoms with van der Waals surface area (Å²) in [5.41, 5.74) is 6.10. The van der Waals surface area contributed by atoms with Gasteiger partial charge in [-0.05, 0) is 11.6 Å². The third kappa shape index (κ3) is 1.90. The Bertz CT molecular complexity index is 653. The molecule has 3 rings (SSSR count). The van der Waals surface area contributed by atoms with Crippen molar-refractivity contribution in [1.82, 2.24) is 19.5 Å². The van der Waals surface area contributed by atoms with E-state index in [2.05, 4.69) is 15.0 Å². The number of alkyl halides is 1. The van der Waals surface area contributed by atoms with E-state index in [0.717, 1.165) is 0 Å². The van der Waals surface area contributed by atoms with Crippen molar-refractivity contribution in [3.63, 3.8) is 0 Å². The van der Waals surface area contributed by atoms with Crippen LogP contribution in [0.25, 0.3) is 11.2 Å². The maximum Gasteiger partial charge on any atom is 0.226 e. The van der Waals surface area contributed by atoms with Crippen LogP contribution in [0.5, 0.6) is 0 Å². The molecule has 2 unspecified atom stereocenters. The summed E-state index contributed by atoms with van der Waals surface area (Å²) in [5, 5.41) is 18.6. The molecule has 0 saturated carbocycles.